The molecule has 2 amide bonds. The summed E-state index contributed by atoms with van der Waals surface area (Å²) in [4.78, 5) is 23.8. The average molecular weight is 275 g/mol. The van der Waals surface area contributed by atoms with Gasteiger partial charge in [-0.15, -0.1) is 0 Å². The number of rotatable bonds is 0. The van der Waals surface area contributed by atoms with Crippen LogP contribution in [0.4, 0.5) is 0 Å². The summed E-state index contributed by atoms with van der Waals surface area (Å²) in [6, 6.07) is 5.98. The monoisotopic (exact) mass is 275 g/mol. The summed E-state index contributed by atoms with van der Waals surface area (Å²) in [5.74, 6) is -2.80. The van der Waals surface area contributed by atoms with E-state index >= 15 is 0 Å². The Morgan fingerprint density at radius 2 is 1.53 bits per heavy atom. The van der Waals surface area contributed by atoms with Gasteiger partial charge in [-0.1, -0.05) is 25.2 Å². The van der Waals surface area contributed by atoms with Crippen LogP contribution in [-0.2, 0) is 9.59 Å². The molecule has 2 fully saturated rings. The van der Waals surface area contributed by atoms with Crippen molar-refractivity contribution in [3.05, 3.63) is 0 Å². The molecule has 0 aromatic heterocycles. The van der Waals surface area contributed by atoms with Crippen molar-refractivity contribution in [1.82, 2.24) is 5.32 Å². The Balaban J connectivity index is 2.42. The predicted octanol–water partition coefficient (Wildman–Crippen LogP) is 1.41. The third-order valence-electron chi connectivity index (χ3n) is 4.71. The van der Waals surface area contributed by atoms with E-state index in [1.165, 1.54) is 0 Å². The number of nitrogens with zero attached hydrogens (tertiary/aromatic N) is 2. The lowest BCUT2D eigenvalue weighted by Crippen LogP contribution is -2.59. The molecule has 1 spiro atoms. The van der Waals surface area contributed by atoms with Gasteiger partial charge in [-0.05, 0) is 12.8 Å². The third kappa shape index (κ3) is 2.06. The summed E-state index contributed by atoms with van der Waals surface area (Å²) in [5.41, 5.74) is -0.758. The van der Waals surface area contributed by atoms with Crippen molar-refractivity contribution >= 4 is 19.9 Å². The molecule has 0 aliphatic carbocycles. The van der Waals surface area contributed by atoms with E-state index in [1.54, 1.807) is 0 Å². The van der Waals surface area contributed by atoms with Crippen LogP contribution in [0.15, 0.2) is 0 Å². The van der Waals surface area contributed by atoms with Crippen LogP contribution < -0.4 is 5.32 Å². The molecule has 2 saturated heterocycles. The van der Waals surface area contributed by atoms with Crippen molar-refractivity contribution in [2.24, 2.45) is 17.3 Å². The van der Waals surface area contributed by atoms with Crippen LogP contribution in [0, 0.1) is 39.9 Å². The Hall–Kier alpha value is -1.66. The number of carbonyl (C=O) groups excluding carboxylic acids is 2. The Bertz CT molecular complexity index is 471. The Morgan fingerprint density at radius 1 is 1.11 bits per heavy atom. The van der Waals surface area contributed by atoms with E-state index < -0.39 is 37.1 Å². The second kappa shape index (κ2) is 4.46. The fourth-order valence-corrected chi connectivity index (χ4v) is 5.83. The van der Waals surface area contributed by atoms with Crippen LogP contribution in [0.25, 0.3) is 0 Å². The molecule has 2 rings (SSSR count). The van der Waals surface area contributed by atoms with Gasteiger partial charge in [0.15, 0.2) is 0 Å². The highest BCUT2D eigenvalue weighted by Crippen LogP contribution is 2.52. The number of nitriles is 2. The van der Waals surface area contributed by atoms with Gasteiger partial charge in [0, 0.05) is 13.5 Å². The van der Waals surface area contributed by atoms with Crippen LogP contribution in [0.2, 0.25) is 25.2 Å². The number of hydrogen-bond acceptors (Lipinski definition) is 4. The average Bonchev–Trinajstić information content (AvgIpc) is 2.33. The first-order valence-corrected chi connectivity index (χ1v) is 9.92. The summed E-state index contributed by atoms with van der Waals surface area (Å²) in [5, 5.41) is 20.7. The van der Waals surface area contributed by atoms with Gasteiger partial charge < -0.3 is 0 Å². The van der Waals surface area contributed by atoms with Gasteiger partial charge in [0.25, 0.3) is 0 Å². The maximum absolute atomic E-state index is 11.9. The number of amides is 2. The van der Waals surface area contributed by atoms with Crippen molar-refractivity contribution in [2.75, 3.05) is 0 Å². The standard InChI is InChI=1S/C13H17N3O2Si/c1-19(2)5-3-13(4-6-19)9(7-14)11(17)16-12(18)10(13)8-15/h9-10H,3-6H2,1-2H3,(H,16,17,18). The fraction of sp³-hybridized carbons (Fsp3) is 0.692. The van der Waals surface area contributed by atoms with E-state index in [0.29, 0.717) is 12.8 Å². The summed E-state index contributed by atoms with van der Waals surface area (Å²) in [6.45, 7) is 4.54. The lowest BCUT2D eigenvalue weighted by molar-refractivity contribution is -0.145. The van der Waals surface area contributed by atoms with E-state index in [-0.39, 0.29) is 0 Å². The molecule has 5 nitrogen and oxygen atoms in total. The van der Waals surface area contributed by atoms with Crippen molar-refractivity contribution in [1.29, 1.82) is 10.5 Å². The fourth-order valence-electron chi connectivity index (χ4n) is 3.30. The van der Waals surface area contributed by atoms with E-state index in [1.807, 2.05) is 12.1 Å². The highest BCUT2D eigenvalue weighted by atomic mass is 28.3. The number of hydrogen-bond donors (Lipinski definition) is 1. The Labute approximate surface area is 113 Å². The minimum atomic E-state index is -1.29. The third-order valence-corrected chi connectivity index (χ3v) is 7.92. The predicted molar refractivity (Wildman–Crippen MR) is 70.1 cm³/mol. The van der Waals surface area contributed by atoms with Crippen LogP contribution >= 0.6 is 0 Å². The smallest absolute Gasteiger partial charge is 0.244 e. The van der Waals surface area contributed by atoms with E-state index in [0.717, 1.165) is 12.1 Å². The summed E-state index contributed by atoms with van der Waals surface area (Å²) in [6.07, 6.45) is 1.28. The first kappa shape index (κ1) is 13.8. The summed E-state index contributed by atoms with van der Waals surface area (Å²) >= 11 is 0. The highest BCUT2D eigenvalue weighted by molar-refractivity contribution is 6.77. The zero-order chi connectivity index (χ0) is 14.3. The van der Waals surface area contributed by atoms with Gasteiger partial charge in [0.1, 0.15) is 11.8 Å². The Kier molecular flexibility index (Phi) is 3.23. The van der Waals surface area contributed by atoms with Crippen LogP contribution in [0.3, 0.4) is 0 Å². The highest BCUT2D eigenvalue weighted by Gasteiger charge is 2.58. The molecule has 0 aromatic carbocycles. The summed E-state index contributed by atoms with van der Waals surface area (Å²) < 4.78 is 0. The maximum Gasteiger partial charge on any atom is 0.244 e. The molecule has 100 valence electrons. The lowest BCUT2D eigenvalue weighted by Gasteiger charge is -2.48. The van der Waals surface area contributed by atoms with E-state index in [9.17, 15) is 20.1 Å². The molecule has 0 radical (unpaired) electrons. The molecule has 19 heavy (non-hydrogen) atoms. The largest absolute Gasteiger partial charge is 0.294 e. The molecule has 6 heteroatoms. The molecule has 2 aliphatic rings. The molecule has 2 atom stereocenters. The van der Waals surface area contributed by atoms with Gasteiger partial charge in [0.05, 0.1) is 12.1 Å². The topological polar surface area (TPSA) is 93.8 Å². The van der Waals surface area contributed by atoms with Gasteiger partial charge in [0.2, 0.25) is 11.8 Å². The normalized spacial score (nSPS) is 32.2. The second-order valence-corrected chi connectivity index (χ2v) is 11.7. The first-order valence-electron chi connectivity index (χ1n) is 6.50. The van der Waals surface area contributed by atoms with Crippen molar-refractivity contribution < 1.29 is 9.59 Å². The first-order chi connectivity index (χ1) is 8.86. The molecule has 0 bridgehead atoms. The van der Waals surface area contributed by atoms with Crippen molar-refractivity contribution in [3.8, 4) is 12.1 Å². The minimum Gasteiger partial charge on any atom is -0.294 e. The molecule has 2 unspecified atom stereocenters. The van der Waals surface area contributed by atoms with Crippen LogP contribution in [0.5, 0.6) is 0 Å². The SMILES string of the molecule is C[Si]1(C)CCC2(CC1)C(C#N)C(=O)NC(=O)C2C#N. The molecular formula is C13H17N3O2Si. The number of carbonyl (C=O) groups is 2. The lowest BCUT2D eigenvalue weighted by atomic mass is 9.61. The zero-order valence-corrected chi connectivity index (χ0v) is 12.2. The minimum absolute atomic E-state index is 0.527. The van der Waals surface area contributed by atoms with Crippen molar-refractivity contribution in [3.63, 3.8) is 0 Å². The molecular weight excluding hydrogens is 258 g/mol. The number of imide groups is 1. The maximum atomic E-state index is 11.9. The quantitative estimate of drug-likeness (QED) is 0.534. The Morgan fingerprint density at radius 3 is 1.89 bits per heavy atom. The van der Waals surface area contributed by atoms with Crippen molar-refractivity contribution in [2.45, 2.75) is 38.0 Å². The van der Waals surface area contributed by atoms with Gasteiger partial charge >= 0.3 is 0 Å². The van der Waals surface area contributed by atoms with Gasteiger partial charge in [-0.3, -0.25) is 14.9 Å². The van der Waals surface area contributed by atoms with Crippen LogP contribution in [-0.4, -0.2) is 19.9 Å². The molecule has 2 aliphatic heterocycles. The van der Waals surface area contributed by atoms with Gasteiger partial charge in [-0.2, -0.15) is 10.5 Å². The molecule has 0 aromatic rings. The number of piperidine rings is 1. The van der Waals surface area contributed by atoms with Crippen LogP contribution in [0.1, 0.15) is 12.8 Å². The second-order valence-electron chi connectivity index (χ2n) is 6.38. The molecule has 0 saturated carbocycles. The number of nitrogens with one attached hydrogen (secondary N) is 1. The van der Waals surface area contributed by atoms with Gasteiger partial charge in [-0.25, -0.2) is 0 Å². The molecule has 1 N–H and O–H groups in total. The van der Waals surface area contributed by atoms with E-state index in [4.69, 9.17) is 0 Å². The van der Waals surface area contributed by atoms with E-state index in [2.05, 4.69) is 18.4 Å². The molecule has 2 heterocycles. The zero-order valence-electron chi connectivity index (χ0n) is 11.2. The summed E-state index contributed by atoms with van der Waals surface area (Å²) in [7, 11) is -1.29.